The molecular weight excluding hydrogens is 331 g/mol. The topological polar surface area (TPSA) is 43.8 Å². The zero-order chi connectivity index (χ0) is 18.1. The molecule has 4 rings (SSSR count). The Morgan fingerprint density at radius 2 is 1.92 bits per heavy atom. The summed E-state index contributed by atoms with van der Waals surface area (Å²) < 4.78 is 13.9. The van der Waals surface area contributed by atoms with E-state index >= 15 is 0 Å². The molecule has 26 heavy (non-hydrogen) atoms. The number of carbonyl (C=O) groups excluding carboxylic acids is 1. The van der Waals surface area contributed by atoms with Crippen LogP contribution in [0.1, 0.15) is 36.5 Å². The van der Waals surface area contributed by atoms with Gasteiger partial charge in [-0.3, -0.25) is 4.79 Å². The van der Waals surface area contributed by atoms with Crippen LogP contribution in [0.25, 0.3) is 0 Å². The van der Waals surface area contributed by atoms with E-state index < -0.39 is 6.10 Å². The lowest BCUT2D eigenvalue weighted by atomic mass is 10.0. The van der Waals surface area contributed by atoms with E-state index in [2.05, 4.69) is 0 Å². The Labute approximate surface area is 152 Å². The number of nitrogens with zero attached hydrogens (tertiary/aromatic N) is 2. The van der Waals surface area contributed by atoms with Gasteiger partial charge in [0, 0.05) is 37.8 Å². The molecule has 2 aliphatic rings. The number of halogens is 1. The summed E-state index contributed by atoms with van der Waals surface area (Å²) in [4.78, 5) is 16.5. The molecule has 1 amide bonds. The van der Waals surface area contributed by atoms with E-state index in [-0.39, 0.29) is 11.7 Å². The Morgan fingerprint density at radius 3 is 2.65 bits per heavy atom. The average molecular weight is 354 g/mol. The van der Waals surface area contributed by atoms with Crippen LogP contribution in [0.2, 0.25) is 0 Å². The molecule has 4 nitrogen and oxygen atoms in total. The zero-order valence-electron chi connectivity index (χ0n) is 14.6. The Hall–Kier alpha value is -2.40. The van der Waals surface area contributed by atoms with Crippen molar-refractivity contribution in [1.82, 2.24) is 4.90 Å². The molecule has 2 aromatic rings. The third-order valence-corrected chi connectivity index (χ3v) is 5.20. The van der Waals surface area contributed by atoms with Crippen LogP contribution >= 0.6 is 0 Å². The highest BCUT2D eigenvalue weighted by molar-refractivity contribution is 5.78. The van der Waals surface area contributed by atoms with Gasteiger partial charge in [0.15, 0.2) is 0 Å². The van der Waals surface area contributed by atoms with Crippen molar-refractivity contribution in [2.24, 2.45) is 0 Å². The molecule has 136 valence electrons. The summed E-state index contributed by atoms with van der Waals surface area (Å²) in [6.07, 6.45) is 1.82. The minimum atomic E-state index is -0.664. The van der Waals surface area contributed by atoms with Gasteiger partial charge in [0.05, 0.1) is 6.10 Å². The summed E-state index contributed by atoms with van der Waals surface area (Å²) in [5.74, 6) is -0.183. The number of β-amino-alcohol motifs (C(OH)–C–C–N with tert-alkyl or cyclic N) is 1. The molecule has 1 saturated carbocycles. The van der Waals surface area contributed by atoms with E-state index in [1.54, 1.807) is 6.07 Å². The summed E-state index contributed by atoms with van der Waals surface area (Å²) in [5.41, 5.74) is 2.55. The molecule has 0 radical (unpaired) electrons. The van der Waals surface area contributed by atoms with Gasteiger partial charge >= 0.3 is 0 Å². The number of aliphatic hydroxyl groups excluding tert-OH is 1. The highest BCUT2D eigenvalue weighted by atomic mass is 19.1. The lowest BCUT2D eigenvalue weighted by Gasteiger charge is -2.34. The first-order valence-electron chi connectivity index (χ1n) is 9.17. The number of carbonyl (C=O) groups is 1. The van der Waals surface area contributed by atoms with Gasteiger partial charge in [0.25, 0.3) is 0 Å². The van der Waals surface area contributed by atoms with E-state index in [9.17, 15) is 14.3 Å². The Balaban J connectivity index is 1.62. The van der Waals surface area contributed by atoms with Crippen molar-refractivity contribution in [3.05, 3.63) is 65.5 Å². The number of anilines is 1. The molecule has 0 bridgehead atoms. The maximum absolute atomic E-state index is 13.9. The molecule has 1 aliphatic heterocycles. The first kappa shape index (κ1) is 17.0. The van der Waals surface area contributed by atoms with Crippen LogP contribution in [0.3, 0.4) is 0 Å². The number of fused-ring (bicyclic) bond motifs is 1. The number of aliphatic hydroxyl groups is 1. The van der Waals surface area contributed by atoms with Crippen molar-refractivity contribution in [2.75, 3.05) is 18.0 Å². The van der Waals surface area contributed by atoms with Gasteiger partial charge in [-0.2, -0.15) is 0 Å². The summed E-state index contributed by atoms with van der Waals surface area (Å²) in [7, 11) is 0. The van der Waals surface area contributed by atoms with Gasteiger partial charge in [-0.15, -0.1) is 0 Å². The molecule has 1 aliphatic carbocycles. The first-order chi connectivity index (χ1) is 12.6. The Morgan fingerprint density at radius 1 is 1.15 bits per heavy atom. The average Bonchev–Trinajstić information content (AvgIpc) is 3.47. The first-order valence-corrected chi connectivity index (χ1v) is 9.17. The number of hydrogen-bond acceptors (Lipinski definition) is 3. The van der Waals surface area contributed by atoms with Crippen molar-refractivity contribution in [3.63, 3.8) is 0 Å². The second kappa shape index (κ2) is 7.08. The summed E-state index contributed by atoms with van der Waals surface area (Å²) >= 11 is 0. The van der Waals surface area contributed by atoms with Crippen LogP contribution in [-0.4, -0.2) is 35.0 Å². The fraction of sp³-hybridized carbons (Fsp3) is 0.381. The molecule has 0 aromatic heterocycles. The van der Waals surface area contributed by atoms with Crippen molar-refractivity contribution >= 4 is 11.6 Å². The van der Waals surface area contributed by atoms with Crippen molar-refractivity contribution in [3.8, 4) is 0 Å². The third kappa shape index (κ3) is 3.58. The molecule has 0 saturated heterocycles. The maximum atomic E-state index is 13.9. The molecule has 1 unspecified atom stereocenters. The van der Waals surface area contributed by atoms with Crippen molar-refractivity contribution in [1.29, 1.82) is 0 Å². The molecule has 1 N–H and O–H groups in total. The van der Waals surface area contributed by atoms with Crippen LogP contribution in [0.15, 0.2) is 48.5 Å². The van der Waals surface area contributed by atoms with E-state index in [0.717, 1.165) is 29.7 Å². The highest BCUT2D eigenvalue weighted by Gasteiger charge is 2.34. The third-order valence-electron chi connectivity index (χ3n) is 5.20. The second-order valence-electron chi connectivity index (χ2n) is 7.15. The van der Waals surface area contributed by atoms with Crippen LogP contribution in [0, 0.1) is 5.82 Å². The van der Waals surface area contributed by atoms with E-state index in [4.69, 9.17) is 0 Å². The summed E-state index contributed by atoms with van der Waals surface area (Å²) in [6.45, 7) is 1.33. The number of benzene rings is 2. The molecule has 5 heteroatoms. The number of amides is 1. The van der Waals surface area contributed by atoms with Gasteiger partial charge in [0.1, 0.15) is 5.82 Å². The van der Waals surface area contributed by atoms with E-state index in [0.29, 0.717) is 32.1 Å². The van der Waals surface area contributed by atoms with Gasteiger partial charge in [0.2, 0.25) is 5.91 Å². The molecule has 1 fully saturated rings. The number of rotatable bonds is 4. The number of hydrogen-bond donors (Lipinski definition) is 1. The van der Waals surface area contributed by atoms with Crippen LogP contribution in [-0.2, 0) is 11.3 Å². The van der Waals surface area contributed by atoms with Gasteiger partial charge in [-0.05, 0) is 42.2 Å². The predicted octanol–water partition coefficient (Wildman–Crippen LogP) is 3.26. The summed E-state index contributed by atoms with van der Waals surface area (Å²) in [5, 5.41) is 10.6. The lowest BCUT2D eigenvalue weighted by molar-refractivity contribution is -0.132. The fourth-order valence-electron chi connectivity index (χ4n) is 3.65. The molecular formula is C21H23FN2O2. The molecule has 1 atom stereocenters. The smallest absolute Gasteiger partial charge is 0.224 e. The second-order valence-corrected chi connectivity index (χ2v) is 7.15. The van der Waals surface area contributed by atoms with Crippen LogP contribution < -0.4 is 4.90 Å². The fourth-order valence-corrected chi connectivity index (χ4v) is 3.65. The van der Waals surface area contributed by atoms with E-state index in [1.807, 2.05) is 40.1 Å². The quantitative estimate of drug-likeness (QED) is 0.917. The SMILES string of the molecule is O=C1CCN(CC(O)c2ccccc2)c2ccc(F)cc2CN1C1CC1. The largest absolute Gasteiger partial charge is 0.387 e. The maximum Gasteiger partial charge on any atom is 0.224 e. The minimum Gasteiger partial charge on any atom is -0.387 e. The molecule has 0 spiro atoms. The molecule has 1 heterocycles. The molecule has 2 aromatic carbocycles. The van der Waals surface area contributed by atoms with Gasteiger partial charge < -0.3 is 14.9 Å². The van der Waals surface area contributed by atoms with Gasteiger partial charge in [-0.1, -0.05) is 30.3 Å². The summed E-state index contributed by atoms with van der Waals surface area (Å²) in [6, 6.07) is 14.5. The van der Waals surface area contributed by atoms with Crippen LogP contribution in [0.5, 0.6) is 0 Å². The highest BCUT2D eigenvalue weighted by Crippen LogP contribution is 2.34. The van der Waals surface area contributed by atoms with E-state index in [1.165, 1.54) is 12.1 Å². The normalized spacial score (nSPS) is 18.9. The standard InChI is InChI=1S/C21H23FN2O2/c22-17-6-9-19-16(12-17)13-24(18-7-8-18)21(26)10-11-23(19)14-20(25)15-4-2-1-3-5-15/h1-6,9,12,18,20,25H,7-8,10-11,13-14H2. The van der Waals surface area contributed by atoms with Crippen LogP contribution in [0.4, 0.5) is 10.1 Å². The Bertz CT molecular complexity index is 792. The van der Waals surface area contributed by atoms with Crippen molar-refractivity contribution < 1.29 is 14.3 Å². The van der Waals surface area contributed by atoms with Gasteiger partial charge in [-0.25, -0.2) is 4.39 Å². The minimum absolute atomic E-state index is 0.113. The predicted molar refractivity (Wildman–Crippen MR) is 98.2 cm³/mol. The zero-order valence-corrected chi connectivity index (χ0v) is 14.6. The lowest BCUT2D eigenvalue weighted by Crippen LogP contribution is -2.40. The van der Waals surface area contributed by atoms with Crippen molar-refractivity contribution in [2.45, 2.75) is 38.0 Å². The monoisotopic (exact) mass is 354 g/mol. The Kier molecular flexibility index (Phi) is 4.64.